The fourth-order valence-electron chi connectivity index (χ4n) is 3.98. The number of benzene rings is 4. The van der Waals surface area contributed by atoms with Crippen LogP contribution in [-0.4, -0.2) is 0 Å². The lowest BCUT2D eigenvalue weighted by molar-refractivity contribution is 0.595. The maximum Gasteiger partial charge on any atom is 0.0415 e. The molecular weight excluding hydrogens is 384 g/mol. The van der Waals surface area contributed by atoms with E-state index in [4.69, 9.17) is 11.6 Å². The Balaban J connectivity index is 0.000000171. The van der Waals surface area contributed by atoms with Gasteiger partial charge in [-0.1, -0.05) is 119 Å². The van der Waals surface area contributed by atoms with Crippen molar-refractivity contribution in [3.8, 4) is 0 Å². The highest BCUT2D eigenvalue weighted by Crippen LogP contribution is 2.33. The largest absolute Gasteiger partial charge is 0.0843 e. The maximum atomic E-state index is 6.13. The number of rotatable bonds is 0. The van der Waals surface area contributed by atoms with Crippen molar-refractivity contribution in [3.05, 3.63) is 94.5 Å². The van der Waals surface area contributed by atoms with E-state index in [1.165, 1.54) is 38.2 Å². The van der Waals surface area contributed by atoms with Gasteiger partial charge in [0.1, 0.15) is 0 Å². The molecule has 0 aliphatic heterocycles. The Morgan fingerprint density at radius 1 is 0.567 bits per heavy atom. The first-order valence-corrected chi connectivity index (χ1v) is 11.0. The molecule has 0 heterocycles. The third-order valence-electron chi connectivity index (χ3n) is 5.45. The van der Waals surface area contributed by atoms with Crippen molar-refractivity contribution in [2.45, 2.75) is 59.3 Å². The molecule has 0 bridgehead atoms. The second-order valence-electron chi connectivity index (χ2n) is 10.2. The number of hydrogen-bond donors (Lipinski definition) is 0. The van der Waals surface area contributed by atoms with E-state index in [0.29, 0.717) is 0 Å². The van der Waals surface area contributed by atoms with Gasteiger partial charge in [0.2, 0.25) is 0 Å². The molecule has 30 heavy (non-hydrogen) atoms. The van der Waals surface area contributed by atoms with Crippen LogP contribution in [0.5, 0.6) is 0 Å². The number of halogens is 1. The molecule has 0 aliphatic carbocycles. The molecule has 0 N–H and O–H groups in total. The number of fused-ring (bicyclic) bond motifs is 2. The zero-order chi connectivity index (χ0) is 22.1. The molecule has 0 fully saturated rings. The average Bonchev–Trinajstić information content (AvgIpc) is 2.65. The summed E-state index contributed by atoms with van der Waals surface area (Å²) in [6, 6.07) is 25.7. The van der Waals surface area contributed by atoms with Crippen LogP contribution in [0.2, 0.25) is 5.02 Å². The van der Waals surface area contributed by atoms with Crippen LogP contribution in [0, 0.1) is 6.92 Å². The standard InChI is InChI=1S/C15H18.C14H15Cl/c1-11-9-12-7-5-6-8-13(12)14(10-11)15(2,3)4;1-14(2,3)13-9-11(15)8-10-6-4-5-7-12(10)13/h5-10H,1-4H3;4-9H,1-3H3. The Bertz CT molecular complexity index is 1080. The summed E-state index contributed by atoms with van der Waals surface area (Å²) in [6.07, 6.45) is 0. The first-order valence-electron chi connectivity index (χ1n) is 10.7. The molecule has 0 aliphatic rings. The van der Waals surface area contributed by atoms with Crippen LogP contribution in [0.4, 0.5) is 0 Å². The van der Waals surface area contributed by atoms with Gasteiger partial charge < -0.3 is 0 Å². The molecule has 0 atom stereocenters. The van der Waals surface area contributed by atoms with E-state index >= 15 is 0 Å². The highest BCUT2D eigenvalue weighted by atomic mass is 35.5. The van der Waals surface area contributed by atoms with Gasteiger partial charge in [-0.2, -0.15) is 0 Å². The van der Waals surface area contributed by atoms with Crippen molar-refractivity contribution in [1.82, 2.24) is 0 Å². The summed E-state index contributed by atoms with van der Waals surface area (Å²) < 4.78 is 0. The first-order chi connectivity index (χ1) is 14.0. The fraction of sp³-hybridized carbons (Fsp3) is 0.310. The first kappa shape index (κ1) is 22.4. The lowest BCUT2D eigenvalue weighted by Crippen LogP contribution is -2.11. The Kier molecular flexibility index (Phi) is 6.29. The summed E-state index contributed by atoms with van der Waals surface area (Å²) in [4.78, 5) is 0. The zero-order valence-electron chi connectivity index (χ0n) is 19.3. The zero-order valence-corrected chi connectivity index (χ0v) is 20.1. The van der Waals surface area contributed by atoms with E-state index in [1.807, 2.05) is 12.1 Å². The monoisotopic (exact) mass is 416 g/mol. The minimum absolute atomic E-state index is 0.129. The highest BCUT2D eigenvalue weighted by molar-refractivity contribution is 6.31. The van der Waals surface area contributed by atoms with Crippen molar-refractivity contribution < 1.29 is 0 Å². The molecule has 4 aromatic carbocycles. The van der Waals surface area contributed by atoms with Crippen LogP contribution in [0.1, 0.15) is 58.2 Å². The van der Waals surface area contributed by atoms with Gasteiger partial charge in [0.05, 0.1) is 0 Å². The van der Waals surface area contributed by atoms with Gasteiger partial charge in [-0.3, -0.25) is 0 Å². The number of aryl methyl sites for hydroxylation is 1. The maximum absolute atomic E-state index is 6.13. The topological polar surface area (TPSA) is 0 Å². The van der Waals surface area contributed by atoms with Gasteiger partial charge in [-0.05, 0) is 62.6 Å². The van der Waals surface area contributed by atoms with Gasteiger partial charge in [0.25, 0.3) is 0 Å². The van der Waals surface area contributed by atoms with E-state index in [2.05, 4.69) is 109 Å². The molecule has 4 rings (SSSR count). The predicted molar refractivity (Wildman–Crippen MR) is 135 cm³/mol. The van der Waals surface area contributed by atoms with Crippen LogP contribution in [-0.2, 0) is 10.8 Å². The van der Waals surface area contributed by atoms with Crippen molar-refractivity contribution in [3.63, 3.8) is 0 Å². The van der Waals surface area contributed by atoms with Crippen molar-refractivity contribution in [1.29, 1.82) is 0 Å². The van der Waals surface area contributed by atoms with E-state index in [9.17, 15) is 0 Å². The lowest BCUT2D eigenvalue weighted by Gasteiger charge is -2.22. The van der Waals surface area contributed by atoms with Crippen LogP contribution in [0.3, 0.4) is 0 Å². The third kappa shape index (κ3) is 5.05. The summed E-state index contributed by atoms with van der Waals surface area (Å²) in [7, 11) is 0. The highest BCUT2D eigenvalue weighted by Gasteiger charge is 2.18. The smallest absolute Gasteiger partial charge is 0.0415 e. The molecule has 0 nitrogen and oxygen atoms in total. The van der Waals surface area contributed by atoms with E-state index < -0.39 is 0 Å². The molecule has 1 heteroatoms. The van der Waals surface area contributed by atoms with Crippen LogP contribution < -0.4 is 0 Å². The van der Waals surface area contributed by atoms with E-state index in [-0.39, 0.29) is 10.8 Å². The Morgan fingerprint density at radius 3 is 1.50 bits per heavy atom. The van der Waals surface area contributed by atoms with Crippen molar-refractivity contribution in [2.75, 3.05) is 0 Å². The summed E-state index contributed by atoms with van der Waals surface area (Å²) in [5.41, 5.74) is 4.44. The van der Waals surface area contributed by atoms with Gasteiger partial charge in [-0.25, -0.2) is 0 Å². The molecule has 156 valence electrons. The van der Waals surface area contributed by atoms with Crippen molar-refractivity contribution >= 4 is 33.1 Å². The molecule has 0 saturated carbocycles. The molecule has 0 spiro atoms. The molecule has 0 amide bonds. The summed E-state index contributed by atoms with van der Waals surface area (Å²) in [5, 5.41) is 6.07. The Morgan fingerprint density at radius 2 is 1.00 bits per heavy atom. The van der Waals surface area contributed by atoms with Crippen LogP contribution in [0.15, 0.2) is 72.8 Å². The van der Waals surface area contributed by atoms with Gasteiger partial charge in [0, 0.05) is 5.02 Å². The summed E-state index contributed by atoms with van der Waals surface area (Å²) >= 11 is 6.13. The summed E-state index contributed by atoms with van der Waals surface area (Å²) in [5.74, 6) is 0. The lowest BCUT2D eigenvalue weighted by atomic mass is 9.83. The van der Waals surface area contributed by atoms with Gasteiger partial charge >= 0.3 is 0 Å². The molecule has 0 radical (unpaired) electrons. The molecule has 0 saturated heterocycles. The quantitative estimate of drug-likeness (QED) is 0.268. The summed E-state index contributed by atoms with van der Waals surface area (Å²) in [6.45, 7) is 15.6. The second-order valence-corrected chi connectivity index (χ2v) is 10.6. The minimum atomic E-state index is 0.129. The molecule has 0 aromatic heterocycles. The van der Waals surface area contributed by atoms with E-state index in [0.717, 1.165) is 5.02 Å². The number of hydrogen-bond acceptors (Lipinski definition) is 0. The fourth-order valence-corrected chi connectivity index (χ4v) is 4.20. The van der Waals surface area contributed by atoms with E-state index in [1.54, 1.807) is 0 Å². The second kappa shape index (κ2) is 8.44. The Labute approximate surface area is 186 Å². The third-order valence-corrected chi connectivity index (χ3v) is 5.67. The van der Waals surface area contributed by atoms with Crippen LogP contribution in [0.25, 0.3) is 21.5 Å². The van der Waals surface area contributed by atoms with Gasteiger partial charge in [-0.15, -0.1) is 0 Å². The minimum Gasteiger partial charge on any atom is -0.0843 e. The SMILES string of the molecule is CC(C)(C)c1cc(Cl)cc2ccccc12.Cc1cc(C(C)(C)C)c2ccccc2c1. The molecule has 0 unspecified atom stereocenters. The van der Waals surface area contributed by atoms with Gasteiger partial charge in [0.15, 0.2) is 0 Å². The molecular formula is C29H33Cl. The van der Waals surface area contributed by atoms with Crippen molar-refractivity contribution in [2.24, 2.45) is 0 Å². The molecule has 4 aromatic rings. The predicted octanol–water partition coefficient (Wildman–Crippen LogP) is 9.24. The normalized spacial score (nSPS) is 12.0. The average molecular weight is 417 g/mol. The Hall–Kier alpha value is -2.31. The van der Waals surface area contributed by atoms with Crippen LogP contribution >= 0.6 is 11.6 Å².